The van der Waals surface area contributed by atoms with Crippen LogP contribution < -0.4 is 0 Å². The monoisotopic (exact) mass is 399 g/mol. The van der Waals surface area contributed by atoms with Gasteiger partial charge in [-0.25, -0.2) is 17.1 Å². The van der Waals surface area contributed by atoms with Gasteiger partial charge in [0.05, 0.1) is 5.75 Å². The summed E-state index contributed by atoms with van der Waals surface area (Å²) in [6.45, 7) is 0. The smallest absolute Gasteiger partial charge is 0.217 e. The van der Waals surface area contributed by atoms with E-state index in [2.05, 4.69) is 15.9 Å². The van der Waals surface area contributed by atoms with E-state index in [9.17, 15) is 17.6 Å². The molecule has 0 saturated carbocycles. The Morgan fingerprint density at radius 2 is 1.74 bits per heavy atom. The van der Waals surface area contributed by atoms with Crippen LogP contribution in [0, 0.1) is 5.82 Å². The zero-order chi connectivity index (χ0) is 17.2. The van der Waals surface area contributed by atoms with Gasteiger partial charge < -0.3 is 0 Å². The summed E-state index contributed by atoms with van der Waals surface area (Å²) in [5.41, 5.74) is 1.32. The van der Waals surface area contributed by atoms with E-state index in [-0.39, 0.29) is 11.5 Å². The lowest BCUT2D eigenvalue weighted by Crippen LogP contribution is -2.23. The van der Waals surface area contributed by atoms with Crippen molar-refractivity contribution in [3.05, 3.63) is 69.4 Å². The molecule has 4 nitrogen and oxygen atoms in total. The average molecular weight is 400 g/mol. The summed E-state index contributed by atoms with van der Waals surface area (Å²) in [5.74, 6) is -0.826. The largest absolute Gasteiger partial charge is 0.289 e. The van der Waals surface area contributed by atoms with E-state index in [1.165, 1.54) is 38.4 Å². The van der Waals surface area contributed by atoms with Gasteiger partial charge in [0.1, 0.15) is 5.82 Å². The molecule has 0 spiro atoms. The molecule has 0 amide bonds. The van der Waals surface area contributed by atoms with Crippen LogP contribution in [0.15, 0.2) is 46.9 Å². The standard InChI is InChI=1S/C16H15BrFNO3S/c1-19(2)23(21,22)10-11-3-8-14(15(17)9-11)16(20)12-4-6-13(18)7-5-12/h3-9H,10H2,1-2H3. The van der Waals surface area contributed by atoms with Crippen molar-refractivity contribution in [2.75, 3.05) is 14.1 Å². The second-order valence-corrected chi connectivity index (χ2v) is 8.23. The number of rotatable bonds is 5. The summed E-state index contributed by atoms with van der Waals surface area (Å²) in [7, 11) is -0.434. The van der Waals surface area contributed by atoms with Crippen LogP contribution in [-0.2, 0) is 15.8 Å². The van der Waals surface area contributed by atoms with E-state index in [0.29, 0.717) is 21.2 Å². The van der Waals surface area contributed by atoms with Crippen molar-refractivity contribution >= 4 is 31.7 Å². The van der Waals surface area contributed by atoms with Gasteiger partial charge in [0, 0.05) is 29.7 Å². The Morgan fingerprint density at radius 3 is 2.26 bits per heavy atom. The number of nitrogens with zero attached hydrogens (tertiary/aromatic N) is 1. The molecule has 2 rings (SSSR count). The highest BCUT2D eigenvalue weighted by Gasteiger charge is 2.17. The van der Waals surface area contributed by atoms with Crippen LogP contribution in [0.4, 0.5) is 4.39 Å². The van der Waals surface area contributed by atoms with Crippen molar-refractivity contribution in [3.63, 3.8) is 0 Å². The Morgan fingerprint density at radius 1 is 1.13 bits per heavy atom. The summed E-state index contributed by atoms with van der Waals surface area (Å²) >= 11 is 3.30. The zero-order valence-corrected chi connectivity index (χ0v) is 15.0. The summed E-state index contributed by atoms with van der Waals surface area (Å²) in [6, 6.07) is 10.0. The number of hydrogen-bond donors (Lipinski definition) is 0. The molecule has 0 aliphatic rings. The van der Waals surface area contributed by atoms with E-state index < -0.39 is 15.8 Å². The molecule has 2 aromatic rings. The lowest BCUT2D eigenvalue weighted by Gasteiger charge is -2.12. The molecule has 0 aliphatic heterocycles. The predicted octanol–water partition coefficient (Wildman–Crippen LogP) is 3.21. The van der Waals surface area contributed by atoms with Crippen LogP contribution in [0.3, 0.4) is 0 Å². The first kappa shape index (κ1) is 17.8. The van der Waals surface area contributed by atoms with Gasteiger partial charge in [-0.2, -0.15) is 0 Å². The third-order valence-corrected chi connectivity index (χ3v) is 5.76. The second-order valence-electron chi connectivity index (χ2n) is 5.19. The zero-order valence-electron chi connectivity index (χ0n) is 12.6. The molecule has 0 heterocycles. The summed E-state index contributed by atoms with van der Waals surface area (Å²) in [5, 5.41) is 0. The molecule has 0 bridgehead atoms. The molecule has 0 aliphatic carbocycles. The highest BCUT2D eigenvalue weighted by molar-refractivity contribution is 9.10. The molecule has 0 radical (unpaired) electrons. The number of carbonyl (C=O) groups excluding carboxylic acids is 1. The Kier molecular flexibility index (Phi) is 5.33. The Balaban J connectivity index is 2.29. The van der Waals surface area contributed by atoms with E-state index in [1.807, 2.05) is 0 Å². The van der Waals surface area contributed by atoms with Gasteiger partial charge in [-0.05, 0) is 42.0 Å². The number of carbonyl (C=O) groups is 1. The van der Waals surface area contributed by atoms with E-state index in [4.69, 9.17) is 0 Å². The molecule has 0 fully saturated rings. The fourth-order valence-corrected chi connectivity index (χ4v) is 3.39. The molecular formula is C16H15BrFNO3S. The van der Waals surface area contributed by atoms with Crippen molar-refractivity contribution in [3.8, 4) is 0 Å². The molecule has 0 N–H and O–H groups in total. The maximum atomic E-state index is 12.9. The normalized spacial score (nSPS) is 11.7. The van der Waals surface area contributed by atoms with Crippen molar-refractivity contribution in [2.24, 2.45) is 0 Å². The third kappa shape index (κ3) is 4.25. The topological polar surface area (TPSA) is 54.5 Å². The van der Waals surface area contributed by atoms with Crippen LogP contribution in [0.1, 0.15) is 21.5 Å². The predicted molar refractivity (Wildman–Crippen MR) is 90.3 cm³/mol. The minimum Gasteiger partial charge on any atom is -0.289 e. The number of hydrogen-bond acceptors (Lipinski definition) is 3. The molecule has 0 aromatic heterocycles. The lowest BCUT2D eigenvalue weighted by atomic mass is 10.0. The number of ketones is 1. The average Bonchev–Trinajstić information content (AvgIpc) is 2.47. The lowest BCUT2D eigenvalue weighted by molar-refractivity contribution is 0.103. The highest BCUT2D eigenvalue weighted by Crippen LogP contribution is 2.23. The number of sulfonamides is 1. The Bertz CT molecular complexity index is 833. The molecule has 122 valence electrons. The first-order chi connectivity index (χ1) is 10.7. The summed E-state index contributed by atoms with van der Waals surface area (Å²) in [4.78, 5) is 12.4. The van der Waals surface area contributed by atoms with Crippen LogP contribution in [-0.4, -0.2) is 32.6 Å². The van der Waals surface area contributed by atoms with Gasteiger partial charge in [0.15, 0.2) is 5.78 Å². The van der Waals surface area contributed by atoms with E-state index >= 15 is 0 Å². The quantitative estimate of drug-likeness (QED) is 0.725. The SMILES string of the molecule is CN(C)S(=O)(=O)Cc1ccc(C(=O)c2ccc(F)cc2)c(Br)c1. The van der Waals surface area contributed by atoms with Crippen LogP contribution in [0.5, 0.6) is 0 Å². The third-order valence-electron chi connectivity index (χ3n) is 3.29. The molecular weight excluding hydrogens is 385 g/mol. The van der Waals surface area contributed by atoms with Gasteiger partial charge in [0.2, 0.25) is 10.0 Å². The van der Waals surface area contributed by atoms with Crippen molar-refractivity contribution in [1.82, 2.24) is 4.31 Å². The number of benzene rings is 2. The van der Waals surface area contributed by atoms with Gasteiger partial charge >= 0.3 is 0 Å². The first-order valence-corrected chi connectivity index (χ1v) is 9.10. The van der Waals surface area contributed by atoms with Crippen LogP contribution >= 0.6 is 15.9 Å². The van der Waals surface area contributed by atoms with E-state index in [0.717, 1.165) is 4.31 Å². The molecule has 0 saturated heterocycles. The maximum Gasteiger partial charge on any atom is 0.217 e. The van der Waals surface area contributed by atoms with Gasteiger partial charge in [-0.1, -0.05) is 22.0 Å². The molecule has 7 heteroatoms. The van der Waals surface area contributed by atoms with Gasteiger partial charge in [-0.3, -0.25) is 4.79 Å². The van der Waals surface area contributed by atoms with Gasteiger partial charge in [-0.15, -0.1) is 0 Å². The van der Waals surface area contributed by atoms with Crippen LogP contribution in [0.2, 0.25) is 0 Å². The van der Waals surface area contributed by atoms with Gasteiger partial charge in [0.25, 0.3) is 0 Å². The molecule has 0 atom stereocenters. The number of halogens is 2. The van der Waals surface area contributed by atoms with Crippen molar-refractivity contribution < 1.29 is 17.6 Å². The molecule has 23 heavy (non-hydrogen) atoms. The Labute approximate surface area is 143 Å². The summed E-state index contributed by atoms with van der Waals surface area (Å²) < 4.78 is 38.4. The first-order valence-electron chi connectivity index (χ1n) is 6.69. The van der Waals surface area contributed by atoms with Crippen LogP contribution in [0.25, 0.3) is 0 Å². The van der Waals surface area contributed by atoms with E-state index in [1.54, 1.807) is 18.2 Å². The maximum absolute atomic E-state index is 12.9. The summed E-state index contributed by atoms with van der Waals surface area (Å²) in [6.07, 6.45) is 0. The Hall–Kier alpha value is -1.57. The highest BCUT2D eigenvalue weighted by atomic mass is 79.9. The minimum absolute atomic E-state index is 0.149. The minimum atomic E-state index is -3.37. The fourth-order valence-electron chi connectivity index (χ4n) is 1.93. The van der Waals surface area contributed by atoms with Crippen molar-refractivity contribution in [1.29, 1.82) is 0 Å². The second kappa shape index (κ2) is 6.90. The molecule has 0 unspecified atom stereocenters. The van der Waals surface area contributed by atoms with Crippen molar-refractivity contribution in [2.45, 2.75) is 5.75 Å². The molecule has 2 aromatic carbocycles. The fraction of sp³-hybridized carbons (Fsp3) is 0.188.